The maximum Gasteiger partial charge on any atom is 0.416 e. The Bertz CT molecular complexity index is 473. The van der Waals surface area contributed by atoms with Crippen LogP contribution in [-0.2, 0) is 22.3 Å². The molecule has 1 N–H and O–H groups in total. The average molecular weight is 289 g/mol. The van der Waals surface area contributed by atoms with Gasteiger partial charge in [0.25, 0.3) is 0 Å². The summed E-state index contributed by atoms with van der Waals surface area (Å²) in [5.41, 5.74) is -0.153. The second-order valence-electron chi connectivity index (χ2n) is 4.57. The Labute approximate surface area is 113 Å². The quantitative estimate of drug-likeness (QED) is 0.915. The van der Waals surface area contributed by atoms with E-state index in [9.17, 15) is 23.1 Å². The molecule has 1 aromatic carbocycles. The third-order valence-corrected chi connectivity index (χ3v) is 3.14. The monoisotopic (exact) mass is 289 g/mol. The molecule has 1 unspecified atom stereocenters. The lowest BCUT2D eigenvalue weighted by molar-refractivity contribution is -0.151. The molecular formula is C13H14F3NO3. The van der Waals surface area contributed by atoms with Gasteiger partial charge in [0.05, 0.1) is 24.8 Å². The van der Waals surface area contributed by atoms with E-state index in [0.29, 0.717) is 5.56 Å². The van der Waals surface area contributed by atoms with Gasteiger partial charge in [-0.25, -0.2) is 0 Å². The molecule has 1 aliphatic heterocycles. The van der Waals surface area contributed by atoms with E-state index in [2.05, 4.69) is 0 Å². The summed E-state index contributed by atoms with van der Waals surface area (Å²) in [5.74, 6) is -0.282. The van der Waals surface area contributed by atoms with Gasteiger partial charge in [0.1, 0.15) is 6.61 Å². The van der Waals surface area contributed by atoms with Crippen molar-refractivity contribution in [3.05, 3.63) is 35.4 Å². The molecule has 1 aromatic rings. The van der Waals surface area contributed by atoms with Gasteiger partial charge in [-0.2, -0.15) is 13.2 Å². The molecule has 1 atom stereocenters. The zero-order valence-corrected chi connectivity index (χ0v) is 10.6. The number of carbonyl (C=O) groups excluding carboxylic acids is 1. The Hall–Kier alpha value is -1.60. The highest BCUT2D eigenvalue weighted by Crippen LogP contribution is 2.29. The number of alkyl halides is 3. The van der Waals surface area contributed by atoms with Crippen molar-refractivity contribution in [1.29, 1.82) is 0 Å². The zero-order chi connectivity index (χ0) is 14.8. The van der Waals surface area contributed by atoms with Crippen molar-refractivity contribution in [1.82, 2.24) is 4.90 Å². The maximum atomic E-state index is 12.4. The molecular weight excluding hydrogens is 275 g/mol. The molecule has 4 nitrogen and oxygen atoms in total. The summed E-state index contributed by atoms with van der Waals surface area (Å²) in [7, 11) is 0. The molecule has 20 heavy (non-hydrogen) atoms. The van der Waals surface area contributed by atoms with Crippen molar-refractivity contribution in [3.8, 4) is 0 Å². The first-order valence-electron chi connectivity index (χ1n) is 6.06. The molecule has 0 radical (unpaired) electrons. The highest BCUT2D eigenvalue weighted by Gasteiger charge is 2.31. The van der Waals surface area contributed by atoms with Crippen molar-refractivity contribution >= 4 is 5.91 Å². The van der Waals surface area contributed by atoms with Crippen LogP contribution in [0.5, 0.6) is 0 Å². The fourth-order valence-corrected chi connectivity index (χ4v) is 2.02. The van der Waals surface area contributed by atoms with Crippen LogP contribution in [0.25, 0.3) is 0 Å². The van der Waals surface area contributed by atoms with Crippen molar-refractivity contribution in [2.24, 2.45) is 0 Å². The predicted molar refractivity (Wildman–Crippen MR) is 63.7 cm³/mol. The Kier molecular flexibility index (Phi) is 4.29. The minimum Gasteiger partial charge on any atom is -0.394 e. The van der Waals surface area contributed by atoms with Crippen molar-refractivity contribution < 1.29 is 27.8 Å². The number of ether oxygens (including phenoxy) is 1. The molecule has 1 heterocycles. The van der Waals surface area contributed by atoms with Crippen molar-refractivity contribution in [2.45, 2.75) is 18.8 Å². The van der Waals surface area contributed by atoms with Crippen LogP contribution < -0.4 is 0 Å². The van der Waals surface area contributed by atoms with E-state index in [-0.39, 0.29) is 32.3 Å². The third kappa shape index (κ3) is 3.29. The lowest BCUT2D eigenvalue weighted by atomic mass is 10.1. The van der Waals surface area contributed by atoms with E-state index < -0.39 is 17.8 Å². The van der Waals surface area contributed by atoms with Crippen LogP contribution in [0.1, 0.15) is 11.1 Å². The predicted octanol–water partition coefficient (Wildman–Crippen LogP) is 1.43. The number of halogens is 3. The SMILES string of the molecule is O=C1COCC(CO)N1Cc1ccc(C(F)(F)F)cc1. The van der Waals surface area contributed by atoms with Gasteiger partial charge in [0, 0.05) is 6.54 Å². The first kappa shape index (κ1) is 14.8. The van der Waals surface area contributed by atoms with Gasteiger partial charge in [0.2, 0.25) is 5.91 Å². The third-order valence-electron chi connectivity index (χ3n) is 3.14. The summed E-state index contributed by atoms with van der Waals surface area (Å²) in [5, 5.41) is 9.19. The van der Waals surface area contributed by atoms with Crippen LogP contribution >= 0.6 is 0 Å². The number of hydrogen-bond acceptors (Lipinski definition) is 3. The summed E-state index contributed by atoms with van der Waals surface area (Å²) < 4.78 is 42.3. The molecule has 2 rings (SSSR count). The summed E-state index contributed by atoms with van der Waals surface area (Å²) in [6.45, 7) is 0.0674. The van der Waals surface area contributed by atoms with Gasteiger partial charge in [-0.05, 0) is 17.7 Å². The zero-order valence-electron chi connectivity index (χ0n) is 10.6. The summed E-state index contributed by atoms with van der Waals surface area (Å²) in [6.07, 6.45) is -4.37. The number of hydrogen-bond donors (Lipinski definition) is 1. The van der Waals surface area contributed by atoms with Gasteiger partial charge in [0.15, 0.2) is 0 Å². The number of benzene rings is 1. The van der Waals surface area contributed by atoms with E-state index >= 15 is 0 Å². The summed E-state index contributed by atoms with van der Waals surface area (Å²) in [4.78, 5) is 13.1. The number of nitrogens with zero attached hydrogens (tertiary/aromatic N) is 1. The number of rotatable bonds is 3. The van der Waals surface area contributed by atoms with Crippen molar-refractivity contribution in [3.63, 3.8) is 0 Å². The molecule has 7 heteroatoms. The Morgan fingerprint density at radius 1 is 1.30 bits per heavy atom. The summed E-state index contributed by atoms with van der Waals surface area (Å²) >= 11 is 0. The number of aliphatic hydroxyl groups excluding tert-OH is 1. The molecule has 0 aliphatic carbocycles. The molecule has 0 saturated carbocycles. The Morgan fingerprint density at radius 2 is 1.95 bits per heavy atom. The van der Waals surface area contributed by atoms with Crippen LogP contribution in [0.2, 0.25) is 0 Å². The molecule has 1 fully saturated rings. The smallest absolute Gasteiger partial charge is 0.394 e. The van der Waals surface area contributed by atoms with Gasteiger partial charge < -0.3 is 14.7 Å². The molecule has 110 valence electrons. The Balaban J connectivity index is 2.10. The van der Waals surface area contributed by atoms with Gasteiger partial charge in [-0.15, -0.1) is 0 Å². The van der Waals surface area contributed by atoms with E-state index in [4.69, 9.17) is 4.74 Å². The first-order chi connectivity index (χ1) is 9.41. The first-order valence-corrected chi connectivity index (χ1v) is 6.06. The van der Waals surface area contributed by atoms with E-state index in [1.165, 1.54) is 17.0 Å². The van der Waals surface area contributed by atoms with Gasteiger partial charge in [-0.1, -0.05) is 12.1 Å². The number of aliphatic hydroxyl groups is 1. The fourth-order valence-electron chi connectivity index (χ4n) is 2.02. The largest absolute Gasteiger partial charge is 0.416 e. The highest BCUT2D eigenvalue weighted by molar-refractivity contribution is 5.78. The van der Waals surface area contributed by atoms with Crippen LogP contribution in [-0.4, -0.2) is 41.8 Å². The standard InChI is InChI=1S/C13H14F3NO3/c14-13(15,16)10-3-1-9(2-4-10)5-17-11(6-18)7-20-8-12(17)19/h1-4,11,18H,5-8H2. The second-order valence-corrected chi connectivity index (χ2v) is 4.57. The highest BCUT2D eigenvalue weighted by atomic mass is 19.4. The van der Waals surface area contributed by atoms with Gasteiger partial charge in [-0.3, -0.25) is 4.79 Å². The van der Waals surface area contributed by atoms with Crippen LogP contribution in [0.3, 0.4) is 0 Å². The molecule has 1 amide bonds. The van der Waals surface area contributed by atoms with E-state index in [1.807, 2.05) is 0 Å². The molecule has 1 saturated heterocycles. The Morgan fingerprint density at radius 3 is 2.50 bits per heavy atom. The minimum atomic E-state index is -4.37. The normalized spacial score (nSPS) is 20.3. The van der Waals surface area contributed by atoms with Crippen molar-refractivity contribution in [2.75, 3.05) is 19.8 Å². The van der Waals surface area contributed by atoms with Crippen LogP contribution in [0.15, 0.2) is 24.3 Å². The number of carbonyl (C=O) groups is 1. The van der Waals surface area contributed by atoms with E-state index in [0.717, 1.165) is 12.1 Å². The molecule has 1 aliphatic rings. The topological polar surface area (TPSA) is 49.8 Å². The average Bonchev–Trinajstić information content (AvgIpc) is 2.40. The molecule has 0 spiro atoms. The number of amides is 1. The minimum absolute atomic E-state index is 0.0723. The second kappa shape index (κ2) is 5.80. The maximum absolute atomic E-state index is 12.4. The van der Waals surface area contributed by atoms with Crippen LogP contribution in [0.4, 0.5) is 13.2 Å². The lowest BCUT2D eigenvalue weighted by Crippen LogP contribution is -2.50. The fraction of sp³-hybridized carbons (Fsp3) is 0.462. The molecule has 0 bridgehead atoms. The number of morpholine rings is 1. The molecule has 0 aromatic heterocycles. The van der Waals surface area contributed by atoms with Crippen LogP contribution in [0, 0.1) is 0 Å². The van der Waals surface area contributed by atoms with Gasteiger partial charge >= 0.3 is 6.18 Å². The van der Waals surface area contributed by atoms with E-state index in [1.54, 1.807) is 0 Å². The summed E-state index contributed by atoms with van der Waals surface area (Å²) in [6, 6.07) is 4.17. The lowest BCUT2D eigenvalue weighted by Gasteiger charge is -2.34.